The van der Waals surface area contributed by atoms with E-state index in [1.165, 1.54) is 18.2 Å². The molecule has 0 saturated heterocycles. The van der Waals surface area contributed by atoms with E-state index in [9.17, 15) is 13.5 Å². The highest BCUT2D eigenvalue weighted by atomic mass is 35.5. The van der Waals surface area contributed by atoms with Crippen LogP contribution in [0.15, 0.2) is 23.1 Å². The van der Waals surface area contributed by atoms with E-state index in [0.717, 1.165) is 0 Å². The van der Waals surface area contributed by atoms with Crippen molar-refractivity contribution in [3.63, 3.8) is 0 Å². The first-order valence-corrected chi connectivity index (χ1v) is 8.35. The summed E-state index contributed by atoms with van der Waals surface area (Å²) >= 11 is 5.88. The minimum Gasteiger partial charge on any atom is -0.389 e. The highest BCUT2D eigenvalue weighted by Crippen LogP contribution is 2.23. The normalized spacial score (nSPS) is 14.7. The molecule has 2 N–H and O–H groups in total. The second-order valence-corrected chi connectivity index (χ2v) is 7.82. The van der Waals surface area contributed by atoms with Crippen LogP contribution in [-0.2, 0) is 10.0 Å². The predicted molar refractivity (Wildman–Crippen MR) is 81.4 cm³/mol. The van der Waals surface area contributed by atoms with E-state index in [-0.39, 0.29) is 27.9 Å². The summed E-state index contributed by atoms with van der Waals surface area (Å²) in [5.74, 6) is 0.231. The van der Waals surface area contributed by atoms with Gasteiger partial charge in [-0.2, -0.15) is 5.26 Å². The van der Waals surface area contributed by atoms with Gasteiger partial charge in [-0.15, -0.1) is 0 Å². The van der Waals surface area contributed by atoms with Gasteiger partial charge in [0.15, 0.2) is 0 Å². The largest absolute Gasteiger partial charge is 0.389 e. The van der Waals surface area contributed by atoms with Crippen molar-refractivity contribution in [2.45, 2.75) is 37.7 Å². The van der Waals surface area contributed by atoms with Crippen LogP contribution < -0.4 is 4.72 Å². The molecule has 5 nitrogen and oxygen atoms in total. The number of nitrogens with zero attached hydrogens (tertiary/aromatic N) is 1. The Morgan fingerprint density at radius 3 is 2.62 bits per heavy atom. The van der Waals surface area contributed by atoms with Crippen molar-refractivity contribution in [3.05, 3.63) is 28.8 Å². The molecule has 0 aliphatic rings. The van der Waals surface area contributed by atoms with Crippen LogP contribution in [0.25, 0.3) is 0 Å². The molecule has 0 amide bonds. The van der Waals surface area contributed by atoms with Gasteiger partial charge in [0.05, 0.1) is 22.3 Å². The fourth-order valence-corrected chi connectivity index (χ4v) is 3.74. The van der Waals surface area contributed by atoms with Crippen LogP contribution in [0.4, 0.5) is 0 Å². The quantitative estimate of drug-likeness (QED) is 0.837. The fraction of sp³-hybridized carbons (Fsp3) is 0.500. The van der Waals surface area contributed by atoms with Crippen molar-refractivity contribution in [1.29, 1.82) is 5.26 Å². The lowest BCUT2D eigenvalue weighted by Gasteiger charge is -2.25. The maximum Gasteiger partial charge on any atom is 0.242 e. The first-order chi connectivity index (χ1) is 9.57. The summed E-state index contributed by atoms with van der Waals surface area (Å²) in [6, 6.07) is 5.88. The van der Waals surface area contributed by atoms with Gasteiger partial charge in [0.1, 0.15) is 4.90 Å². The van der Waals surface area contributed by atoms with Gasteiger partial charge in [0.2, 0.25) is 10.0 Å². The first kappa shape index (κ1) is 17.9. The van der Waals surface area contributed by atoms with Gasteiger partial charge in [-0.25, -0.2) is 13.1 Å². The van der Waals surface area contributed by atoms with Crippen LogP contribution in [0.1, 0.15) is 32.8 Å². The van der Waals surface area contributed by atoms with Crippen LogP contribution in [0, 0.1) is 17.2 Å². The second kappa shape index (κ2) is 6.75. The van der Waals surface area contributed by atoms with E-state index >= 15 is 0 Å². The molecule has 1 unspecified atom stereocenters. The monoisotopic (exact) mass is 330 g/mol. The lowest BCUT2D eigenvalue weighted by Crippen LogP contribution is -2.41. The second-order valence-electron chi connectivity index (χ2n) is 5.68. The molecule has 0 heterocycles. The number of nitriles is 1. The molecule has 1 rings (SSSR count). The fourth-order valence-electron chi connectivity index (χ4n) is 2.06. The van der Waals surface area contributed by atoms with Crippen molar-refractivity contribution in [2.75, 3.05) is 6.54 Å². The van der Waals surface area contributed by atoms with E-state index in [2.05, 4.69) is 4.72 Å². The van der Waals surface area contributed by atoms with Crippen molar-refractivity contribution >= 4 is 21.6 Å². The van der Waals surface area contributed by atoms with Gasteiger partial charge >= 0.3 is 0 Å². The molecule has 7 heteroatoms. The zero-order chi connectivity index (χ0) is 16.3. The molecular formula is C14H19ClN2O3S. The maximum atomic E-state index is 12.2. The molecule has 0 aromatic heterocycles. The zero-order valence-electron chi connectivity index (χ0n) is 12.2. The molecule has 0 bridgehead atoms. The molecular weight excluding hydrogens is 312 g/mol. The number of rotatable bonds is 6. The third-order valence-corrected chi connectivity index (χ3v) is 4.72. The number of aliphatic hydroxyl groups is 1. The lowest BCUT2D eigenvalue weighted by molar-refractivity contribution is 0.0437. The lowest BCUT2D eigenvalue weighted by atomic mass is 9.95. The van der Waals surface area contributed by atoms with E-state index in [1.807, 2.05) is 19.9 Å². The van der Waals surface area contributed by atoms with Gasteiger partial charge in [0, 0.05) is 6.54 Å². The summed E-state index contributed by atoms with van der Waals surface area (Å²) in [4.78, 5) is -0.163. The standard InChI is InChI=1S/C14H19ClN2O3S/c1-10(2)7-14(3,18)9-17-21(19,20)13-6-11(8-16)4-5-12(13)15/h4-6,10,17-18H,7,9H2,1-3H3. The molecule has 0 radical (unpaired) electrons. The average molecular weight is 331 g/mol. The number of nitrogens with one attached hydrogen (secondary N) is 1. The van der Waals surface area contributed by atoms with Crippen LogP contribution in [0.3, 0.4) is 0 Å². The summed E-state index contributed by atoms with van der Waals surface area (Å²) in [6.45, 7) is 5.33. The Hall–Kier alpha value is -1.13. The van der Waals surface area contributed by atoms with Crippen LogP contribution in [-0.4, -0.2) is 25.7 Å². The minimum atomic E-state index is -3.89. The Balaban J connectivity index is 2.95. The van der Waals surface area contributed by atoms with Gasteiger partial charge < -0.3 is 5.11 Å². The molecule has 1 atom stereocenters. The minimum absolute atomic E-state index is 0.0324. The van der Waals surface area contributed by atoms with Gasteiger partial charge in [-0.1, -0.05) is 25.4 Å². The molecule has 1 aromatic rings. The summed E-state index contributed by atoms with van der Waals surface area (Å²) in [6.07, 6.45) is 0.460. The van der Waals surface area contributed by atoms with Crippen LogP contribution in [0.5, 0.6) is 0 Å². The molecule has 0 spiro atoms. The van der Waals surface area contributed by atoms with Gasteiger partial charge in [0.25, 0.3) is 0 Å². The highest BCUT2D eigenvalue weighted by Gasteiger charge is 2.26. The summed E-state index contributed by atoms with van der Waals surface area (Å²) < 4.78 is 26.8. The number of halogens is 1. The summed E-state index contributed by atoms with van der Waals surface area (Å²) in [7, 11) is -3.89. The molecule has 0 saturated carbocycles. The van der Waals surface area contributed by atoms with E-state index < -0.39 is 15.6 Å². The van der Waals surface area contributed by atoms with E-state index in [4.69, 9.17) is 16.9 Å². The molecule has 0 fully saturated rings. The molecule has 0 aliphatic carbocycles. The third-order valence-electron chi connectivity index (χ3n) is 2.84. The van der Waals surface area contributed by atoms with Gasteiger partial charge in [-0.3, -0.25) is 0 Å². The van der Waals surface area contributed by atoms with Crippen molar-refractivity contribution in [3.8, 4) is 6.07 Å². The zero-order valence-corrected chi connectivity index (χ0v) is 13.8. The van der Waals surface area contributed by atoms with Crippen molar-refractivity contribution in [2.24, 2.45) is 5.92 Å². The summed E-state index contributed by atoms with van der Waals surface area (Å²) in [5, 5.41) is 19.0. The Morgan fingerprint density at radius 2 is 2.10 bits per heavy atom. The number of hydrogen-bond acceptors (Lipinski definition) is 4. The van der Waals surface area contributed by atoms with Crippen LogP contribution >= 0.6 is 11.6 Å². The van der Waals surface area contributed by atoms with Gasteiger partial charge in [-0.05, 0) is 37.5 Å². The average Bonchev–Trinajstić information content (AvgIpc) is 2.36. The molecule has 21 heavy (non-hydrogen) atoms. The maximum absolute atomic E-state index is 12.2. The Labute approximate surface area is 130 Å². The highest BCUT2D eigenvalue weighted by molar-refractivity contribution is 7.89. The third kappa shape index (κ3) is 5.29. The smallest absolute Gasteiger partial charge is 0.242 e. The molecule has 1 aromatic carbocycles. The first-order valence-electron chi connectivity index (χ1n) is 6.49. The number of benzene rings is 1. The Bertz CT molecular complexity index is 649. The van der Waals surface area contributed by atoms with Crippen molar-refractivity contribution < 1.29 is 13.5 Å². The number of sulfonamides is 1. The predicted octanol–water partition coefficient (Wildman–Crippen LogP) is 2.29. The van der Waals surface area contributed by atoms with Crippen LogP contribution in [0.2, 0.25) is 5.02 Å². The Morgan fingerprint density at radius 1 is 1.48 bits per heavy atom. The molecule has 116 valence electrons. The summed E-state index contributed by atoms with van der Waals surface area (Å²) in [5.41, 5.74) is -0.950. The topological polar surface area (TPSA) is 90.2 Å². The van der Waals surface area contributed by atoms with Crippen molar-refractivity contribution in [1.82, 2.24) is 4.72 Å². The molecule has 0 aliphatic heterocycles. The SMILES string of the molecule is CC(C)CC(C)(O)CNS(=O)(=O)c1cc(C#N)ccc1Cl. The van der Waals surface area contributed by atoms with E-state index in [1.54, 1.807) is 6.92 Å². The van der Waals surface area contributed by atoms with E-state index in [0.29, 0.717) is 6.42 Å². The Kier molecular flexibility index (Phi) is 5.76. The number of hydrogen-bond donors (Lipinski definition) is 2.